The Hall–Kier alpha value is -2.82. The average molecular weight is 351 g/mol. The molecule has 0 aliphatic heterocycles. The third-order valence-electron chi connectivity index (χ3n) is 4.47. The number of para-hydroxylation sites is 2. The number of nitrogens with one attached hydrogen (secondary N) is 2. The van der Waals surface area contributed by atoms with Gasteiger partial charge in [0, 0.05) is 5.56 Å². The fourth-order valence-corrected chi connectivity index (χ4v) is 3.11. The van der Waals surface area contributed by atoms with Gasteiger partial charge in [-0.3, -0.25) is 4.79 Å². The van der Waals surface area contributed by atoms with Gasteiger partial charge in [-0.15, -0.1) is 0 Å². The molecular weight excluding hydrogens is 326 g/mol. The van der Waals surface area contributed by atoms with Crippen molar-refractivity contribution in [2.75, 3.05) is 7.11 Å². The Morgan fingerprint density at radius 3 is 2.69 bits per heavy atom. The zero-order valence-corrected chi connectivity index (χ0v) is 15.7. The van der Waals surface area contributed by atoms with E-state index in [9.17, 15) is 4.79 Å². The van der Waals surface area contributed by atoms with E-state index in [1.165, 1.54) is 0 Å². The molecule has 0 bridgehead atoms. The number of benzene rings is 2. The van der Waals surface area contributed by atoms with Crippen LogP contribution in [0.4, 0.5) is 0 Å². The summed E-state index contributed by atoms with van der Waals surface area (Å²) in [5, 5.41) is 3.12. The number of aryl methyl sites for hydroxylation is 1. The highest BCUT2D eigenvalue weighted by Gasteiger charge is 2.22. The molecule has 0 radical (unpaired) electrons. The van der Waals surface area contributed by atoms with Crippen LogP contribution in [0.3, 0.4) is 0 Å². The largest absolute Gasteiger partial charge is 0.496 e. The lowest BCUT2D eigenvalue weighted by Crippen LogP contribution is -2.33. The molecule has 2 N–H and O–H groups in total. The van der Waals surface area contributed by atoms with Gasteiger partial charge in [0.05, 0.1) is 30.6 Å². The number of rotatable bonds is 6. The number of methoxy groups -OCH3 is 1. The van der Waals surface area contributed by atoms with Crippen LogP contribution < -0.4 is 10.1 Å². The predicted octanol–water partition coefficient (Wildman–Crippen LogP) is 3.94. The average Bonchev–Trinajstić information content (AvgIpc) is 3.03. The second-order valence-electron chi connectivity index (χ2n) is 6.92. The summed E-state index contributed by atoms with van der Waals surface area (Å²) in [6.07, 6.45) is 0.272. The molecule has 1 heterocycles. The molecule has 0 spiro atoms. The molecule has 0 aliphatic rings. The summed E-state index contributed by atoms with van der Waals surface area (Å²) in [6.45, 7) is 6.16. The van der Waals surface area contributed by atoms with Gasteiger partial charge >= 0.3 is 0 Å². The standard InChI is InChI=1S/C21H25N3O2/c1-13(2)20(21-22-16-7-5-6-8-17(16)23-21)24-19(25)12-15-11-14(3)9-10-18(15)26-4/h5-11,13,20H,12H2,1-4H3,(H,22,23)(H,24,25)/t20-/m0/s1. The van der Waals surface area contributed by atoms with Gasteiger partial charge in [-0.1, -0.05) is 43.7 Å². The third-order valence-corrected chi connectivity index (χ3v) is 4.47. The lowest BCUT2D eigenvalue weighted by atomic mass is 10.0. The monoisotopic (exact) mass is 351 g/mol. The van der Waals surface area contributed by atoms with E-state index in [1.807, 2.05) is 49.4 Å². The maximum absolute atomic E-state index is 12.7. The lowest BCUT2D eigenvalue weighted by Gasteiger charge is -2.20. The Kier molecular flexibility index (Phi) is 5.26. The van der Waals surface area contributed by atoms with Crippen molar-refractivity contribution in [2.24, 2.45) is 5.92 Å². The maximum Gasteiger partial charge on any atom is 0.225 e. The Balaban J connectivity index is 1.80. The van der Waals surface area contributed by atoms with Gasteiger partial charge in [0.15, 0.2) is 0 Å². The quantitative estimate of drug-likeness (QED) is 0.707. The second kappa shape index (κ2) is 7.60. The first-order chi connectivity index (χ1) is 12.5. The predicted molar refractivity (Wildman–Crippen MR) is 103 cm³/mol. The van der Waals surface area contributed by atoms with Crippen LogP contribution in [0.15, 0.2) is 42.5 Å². The fraction of sp³-hybridized carbons (Fsp3) is 0.333. The van der Waals surface area contributed by atoms with Gasteiger partial charge in [-0.05, 0) is 31.0 Å². The first-order valence-corrected chi connectivity index (χ1v) is 8.85. The minimum absolute atomic E-state index is 0.0481. The molecule has 1 amide bonds. The SMILES string of the molecule is COc1ccc(C)cc1CC(=O)N[C@H](c1nc2ccccc2[nH]1)C(C)C. The molecule has 0 aliphatic carbocycles. The van der Waals surface area contributed by atoms with Gasteiger partial charge in [0.1, 0.15) is 11.6 Å². The van der Waals surface area contributed by atoms with Gasteiger partial charge in [-0.25, -0.2) is 4.98 Å². The maximum atomic E-state index is 12.7. The Bertz CT molecular complexity index is 882. The third kappa shape index (κ3) is 3.87. The van der Waals surface area contributed by atoms with E-state index in [0.717, 1.165) is 33.7 Å². The Morgan fingerprint density at radius 2 is 2.00 bits per heavy atom. The van der Waals surface area contributed by atoms with Crippen LogP contribution in [-0.4, -0.2) is 23.0 Å². The highest BCUT2D eigenvalue weighted by atomic mass is 16.5. The highest BCUT2D eigenvalue weighted by molar-refractivity contribution is 5.80. The number of imidazole rings is 1. The molecule has 1 aromatic heterocycles. The van der Waals surface area contributed by atoms with Crippen molar-refractivity contribution >= 4 is 16.9 Å². The molecule has 0 unspecified atom stereocenters. The summed E-state index contributed by atoms with van der Waals surface area (Å²) in [6, 6.07) is 13.6. The zero-order chi connectivity index (χ0) is 18.7. The van der Waals surface area contributed by atoms with Crippen LogP contribution >= 0.6 is 0 Å². The molecule has 1 atom stereocenters. The number of carbonyl (C=O) groups excluding carboxylic acids is 1. The molecular formula is C21H25N3O2. The summed E-state index contributed by atoms with van der Waals surface area (Å²) >= 11 is 0. The topological polar surface area (TPSA) is 67.0 Å². The molecule has 3 aromatic rings. The minimum atomic E-state index is -0.175. The summed E-state index contributed by atoms with van der Waals surface area (Å²) in [4.78, 5) is 20.7. The lowest BCUT2D eigenvalue weighted by molar-refractivity contribution is -0.121. The van der Waals surface area contributed by atoms with Crippen molar-refractivity contribution < 1.29 is 9.53 Å². The van der Waals surface area contributed by atoms with Crippen molar-refractivity contribution in [2.45, 2.75) is 33.2 Å². The van der Waals surface area contributed by atoms with Crippen LogP contribution in [0.1, 0.15) is 36.8 Å². The molecule has 0 fully saturated rings. The Labute approximate surface area is 153 Å². The summed E-state index contributed by atoms with van der Waals surface area (Å²) in [7, 11) is 1.62. The smallest absolute Gasteiger partial charge is 0.225 e. The molecule has 5 heteroatoms. The second-order valence-corrected chi connectivity index (χ2v) is 6.92. The first-order valence-electron chi connectivity index (χ1n) is 8.85. The van der Waals surface area contributed by atoms with Crippen LogP contribution in [0.2, 0.25) is 0 Å². The molecule has 0 saturated carbocycles. The summed E-state index contributed by atoms with van der Waals surface area (Å²) in [5.74, 6) is 1.67. The van der Waals surface area contributed by atoms with Gasteiger partial charge in [0.2, 0.25) is 5.91 Å². The van der Waals surface area contributed by atoms with Gasteiger partial charge in [-0.2, -0.15) is 0 Å². The van der Waals surface area contributed by atoms with E-state index in [1.54, 1.807) is 7.11 Å². The number of hydrogen-bond acceptors (Lipinski definition) is 3. The number of hydrogen-bond donors (Lipinski definition) is 2. The number of carbonyl (C=O) groups is 1. The number of fused-ring (bicyclic) bond motifs is 1. The van der Waals surface area contributed by atoms with E-state index in [2.05, 4.69) is 29.1 Å². The van der Waals surface area contributed by atoms with Crippen LogP contribution in [0.25, 0.3) is 11.0 Å². The molecule has 26 heavy (non-hydrogen) atoms. The van der Waals surface area contributed by atoms with Crippen molar-refractivity contribution in [1.82, 2.24) is 15.3 Å². The normalized spacial score (nSPS) is 12.3. The number of aromatic amines is 1. The van der Waals surface area contributed by atoms with Crippen molar-refractivity contribution in [3.63, 3.8) is 0 Å². The van der Waals surface area contributed by atoms with Gasteiger partial charge < -0.3 is 15.0 Å². The Morgan fingerprint density at radius 1 is 1.23 bits per heavy atom. The van der Waals surface area contributed by atoms with Crippen LogP contribution in [0.5, 0.6) is 5.75 Å². The van der Waals surface area contributed by atoms with E-state index >= 15 is 0 Å². The van der Waals surface area contributed by atoms with Crippen molar-refractivity contribution in [3.05, 3.63) is 59.4 Å². The fourth-order valence-electron chi connectivity index (χ4n) is 3.11. The van der Waals surface area contributed by atoms with Crippen molar-refractivity contribution in [1.29, 1.82) is 0 Å². The molecule has 3 rings (SSSR count). The van der Waals surface area contributed by atoms with Crippen LogP contribution in [0, 0.1) is 12.8 Å². The van der Waals surface area contributed by atoms with Gasteiger partial charge in [0.25, 0.3) is 0 Å². The van der Waals surface area contributed by atoms with Crippen molar-refractivity contribution in [3.8, 4) is 5.75 Å². The number of nitrogens with zero attached hydrogens (tertiary/aromatic N) is 1. The number of aromatic nitrogens is 2. The molecule has 5 nitrogen and oxygen atoms in total. The number of ether oxygens (including phenoxy) is 1. The van der Waals surface area contributed by atoms with E-state index < -0.39 is 0 Å². The van der Waals surface area contributed by atoms with Crippen LogP contribution in [-0.2, 0) is 11.2 Å². The summed E-state index contributed by atoms with van der Waals surface area (Å²) in [5.41, 5.74) is 3.87. The number of H-pyrrole nitrogens is 1. The minimum Gasteiger partial charge on any atom is -0.496 e. The molecule has 136 valence electrons. The summed E-state index contributed by atoms with van der Waals surface area (Å²) < 4.78 is 5.38. The van der Waals surface area contributed by atoms with E-state index in [0.29, 0.717) is 0 Å². The molecule has 0 saturated heterocycles. The molecule has 2 aromatic carbocycles. The van der Waals surface area contributed by atoms with E-state index in [4.69, 9.17) is 4.74 Å². The first kappa shape index (κ1) is 18.0. The highest BCUT2D eigenvalue weighted by Crippen LogP contribution is 2.24. The zero-order valence-electron chi connectivity index (χ0n) is 15.7. The van der Waals surface area contributed by atoms with E-state index in [-0.39, 0.29) is 24.3 Å². The number of amides is 1.